The van der Waals surface area contributed by atoms with Crippen molar-refractivity contribution < 1.29 is 13.2 Å². The molecule has 1 saturated heterocycles. The first-order chi connectivity index (χ1) is 11.0. The van der Waals surface area contributed by atoms with Gasteiger partial charge in [-0.1, -0.05) is 25.1 Å². The number of hydrogen-bond donors (Lipinski definition) is 1. The third-order valence-corrected chi connectivity index (χ3v) is 6.04. The lowest BCUT2D eigenvalue weighted by molar-refractivity contribution is -0.126. The summed E-state index contributed by atoms with van der Waals surface area (Å²) in [6.45, 7) is 6.49. The first kappa shape index (κ1) is 17.9. The summed E-state index contributed by atoms with van der Waals surface area (Å²) in [4.78, 5) is 14.4. The molecule has 2 rings (SSSR count). The van der Waals surface area contributed by atoms with Crippen LogP contribution in [0.2, 0.25) is 0 Å². The smallest absolute Gasteiger partial charge is 0.243 e. The summed E-state index contributed by atoms with van der Waals surface area (Å²) >= 11 is 0. The number of amides is 1. The third kappa shape index (κ3) is 4.31. The minimum Gasteiger partial charge on any atom is -0.355 e. The molecule has 0 spiro atoms. The van der Waals surface area contributed by atoms with Crippen molar-refractivity contribution in [2.24, 2.45) is 0 Å². The average Bonchev–Trinajstić information content (AvgIpc) is 2.59. The number of carbonyl (C=O) groups excluding carboxylic acids is 1. The highest BCUT2D eigenvalue weighted by atomic mass is 32.2. The van der Waals surface area contributed by atoms with Crippen LogP contribution in [0.1, 0.15) is 20.3 Å². The maximum atomic E-state index is 12.6. The van der Waals surface area contributed by atoms with E-state index in [9.17, 15) is 13.2 Å². The second kappa shape index (κ2) is 7.90. The third-order valence-electron chi connectivity index (χ3n) is 4.13. The van der Waals surface area contributed by atoms with E-state index in [1.54, 1.807) is 30.3 Å². The molecule has 23 heavy (non-hydrogen) atoms. The lowest BCUT2D eigenvalue weighted by atomic mass is 10.2. The van der Waals surface area contributed by atoms with E-state index < -0.39 is 10.0 Å². The highest BCUT2D eigenvalue weighted by Gasteiger charge is 2.31. The van der Waals surface area contributed by atoms with Crippen LogP contribution in [0.15, 0.2) is 35.2 Å². The van der Waals surface area contributed by atoms with Gasteiger partial charge in [0.15, 0.2) is 0 Å². The fraction of sp³-hybridized carbons (Fsp3) is 0.562. The molecule has 6 nitrogen and oxygen atoms in total. The standard InChI is InChI=1S/C16H25N3O3S/c1-3-9-17-16(20)14(2)18-10-12-19(13-11-18)23(21,22)15-7-5-4-6-8-15/h4-8,14H,3,9-13H2,1-2H3,(H,17,20). The van der Waals surface area contributed by atoms with Crippen LogP contribution in [0, 0.1) is 0 Å². The highest BCUT2D eigenvalue weighted by molar-refractivity contribution is 7.89. The van der Waals surface area contributed by atoms with Crippen molar-refractivity contribution in [3.05, 3.63) is 30.3 Å². The minimum atomic E-state index is -3.44. The van der Waals surface area contributed by atoms with Crippen molar-refractivity contribution in [3.63, 3.8) is 0 Å². The first-order valence-electron chi connectivity index (χ1n) is 8.03. The van der Waals surface area contributed by atoms with Crippen LogP contribution in [0.4, 0.5) is 0 Å². The molecule has 1 N–H and O–H groups in total. The maximum absolute atomic E-state index is 12.6. The molecule has 1 heterocycles. The van der Waals surface area contributed by atoms with Gasteiger partial charge in [-0.15, -0.1) is 0 Å². The van der Waals surface area contributed by atoms with Crippen LogP contribution < -0.4 is 5.32 Å². The van der Waals surface area contributed by atoms with Crippen molar-refractivity contribution in [2.45, 2.75) is 31.2 Å². The largest absolute Gasteiger partial charge is 0.355 e. The molecule has 1 atom stereocenters. The zero-order valence-electron chi connectivity index (χ0n) is 13.7. The number of carbonyl (C=O) groups is 1. The van der Waals surface area contributed by atoms with Crippen molar-refractivity contribution in [1.29, 1.82) is 0 Å². The van der Waals surface area contributed by atoms with E-state index in [1.807, 2.05) is 18.7 Å². The number of benzene rings is 1. The van der Waals surface area contributed by atoms with Crippen LogP contribution in [-0.4, -0.2) is 62.3 Å². The predicted octanol–water partition coefficient (Wildman–Crippen LogP) is 0.908. The lowest BCUT2D eigenvalue weighted by Gasteiger charge is -2.36. The summed E-state index contributed by atoms with van der Waals surface area (Å²) in [5.41, 5.74) is 0. The van der Waals surface area contributed by atoms with E-state index in [2.05, 4.69) is 5.32 Å². The summed E-state index contributed by atoms with van der Waals surface area (Å²) < 4.78 is 26.6. The molecule has 0 saturated carbocycles. The van der Waals surface area contributed by atoms with E-state index >= 15 is 0 Å². The van der Waals surface area contributed by atoms with Crippen LogP contribution in [0.3, 0.4) is 0 Å². The first-order valence-corrected chi connectivity index (χ1v) is 9.47. The zero-order chi connectivity index (χ0) is 16.9. The van der Waals surface area contributed by atoms with Crippen LogP contribution in [-0.2, 0) is 14.8 Å². The van der Waals surface area contributed by atoms with Gasteiger partial charge in [-0.25, -0.2) is 8.42 Å². The predicted molar refractivity (Wildman–Crippen MR) is 89.5 cm³/mol. The van der Waals surface area contributed by atoms with Gasteiger partial charge in [0.2, 0.25) is 15.9 Å². The monoisotopic (exact) mass is 339 g/mol. The Balaban J connectivity index is 1.95. The molecule has 0 bridgehead atoms. The van der Waals surface area contributed by atoms with Gasteiger partial charge in [0, 0.05) is 32.7 Å². The Bertz CT molecular complexity index is 611. The molecule has 128 valence electrons. The second-order valence-electron chi connectivity index (χ2n) is 5.72. The summed E-state index contributed by atoms with van der Waals surface area (Å²) in [7, 11) is -3.44. The zero-order valence-corrected chi connectivity index (χ0v) is 14.6. The van der Waals surface area contributed by atoms with E-state index in [0.717, 1.165) is 6.42 Å². The number of rotatable bonds is 6. The molecule has 0 radical (unpaired) electrons. The molecule has 0 aromatic heterocycles. The molecule has 0 aliphatic carbocycles. The Labute approximate surface area is 138 Å². The summed E-state index contributed by atoms with van der Waals surface area (Å²) in [6.07, 6.45) is 0.904. The van der Waals surface area contributed by atoms with Gasteiger partial charge < -0.3 is 5.32 Å². The average molecular weight is 339 g/mol. The SMILES string of the molecule is CCCNC(=O)C(C)N1CCN(S(=O)(=O)c2ccccc2)CC1. The van der Waals surface area contributed by atoms with Crippen LogP contribution in [0.25, 0.3) is 0 Å². The van der Waals surface area contributed by atoms with Gasteiger partial charge in [0.05, 0.1) is 10.9 Å². The van der Waals surface area contributed by atoms with Crippen molar-refractivity contribution in [3.8, 4) is 0 Å². The Hall–Kier alpha value is -1.44. The molecule has 7 heteroatoms. The molecular weight excluding hydrogens is 314 g/mol. The summed E-state index contributed by atoms with van der Waals surface area (Å²) in [5.74, 6) is 0.00576. The van der Waals surface area contributed by atoms with Crippen molar-refractivity contribution >= 4 is 15.9 Å². The van der Waals surface area contributed by atoms with E-state index in [-0.39, 0.29) is 11.9 Å². The van der Waals surface area contributed by atoms with Gasteiger partial charge in [-0.2, -0.15) is 4.31 Å². The topological polar surface area (TPSA) is 69.7 Å². The number of hydrogen-bond acceptors (Lipinski definition) is 4. The van der Waals surface area contributed by atoms with Gasteiger partial charge in [0.25, 0.3) is 0 Å². The molecule has 1 amide bonds. The van der Waals surface area contributed by atoms with Gasteiger partial charge in [-0.05, 0) is 25.5 Å². The van der Waals surface area contributed by atoms with Crippen LogP contribution in [0.5, 0.6) is 0 Å². The van der Waals surface area contributed by atoms with Gasteiger partial charge in [0.1, 0.15) is 0 Å². The Kier molecular flexibility index (Phi) is 6.15. The second-order valence-corrected chi connectivity index (χ2v) is 7.66. The summed E-state index contributed by atoms with van der Waals surface area (Å²) in [5, 5.41) is 2.88. The lowest BCUT2D eigenvalue weighted by Crippen LogP contribution is -2.54. The Morgan fingerprint density at radius 3 is 2.35 bits per heavy atom. The number of nitrogens with zero attached hydrogens (tertiary/aromatic N) is 2. The van der Waals surface area contributed by atoms with Crippen LogP contribution >= 0.6 is 0 Å². The fourth-order valence-corrected chi connectivity index (χ4v) is 4.08. The molecule has 1 unspecified atom stereocenters. The number of nitrogens with one attached hydrogen (secondary N) is 1. The normalized spacial score (nSPS) is 18.5. The highest BCUT2D eigenvalue weighted by Crippen LogP contribution is 2.18. The fourth-order valence-electron chi connectivity index (χ4n) is 2.63. The Morgan fingerprint density at radius 1 is 1.17 bits per heavy atom. The van der Waals surface area contributed by atoms with Gasteiger partial charge >= 0.3 is 0 Å². The number of sulfonamides is 1. The molecule has 1 aromatic rings. The Morgan fingerprint density at radius 2 is 1.78 bits per heavy atom. The quantitative estimate of drug-likeness (QED) is 0.836. The molecule has 1 fully saturated rings. The van der Waals surface area contributed by atoms with Gasteiger partial charge in [-0.3, -0.25) is 9.69 Å². The molecular formula is C16H25N3O3S. The maximum Gasteiger partial charge on any atom is 0.243 e. The van der Waals surface area contributed by atoms with E-state index in [1.165, 1.54) is 4.31 Å². The number of piperazine rings is 1. The summed E-state index contributed by atoms with van der Waals surface area (Å²) in [6, 6.07) is 8.24. The van der Waals surface area contributed by atoms with Crippen molar-refractivity contribution in [1.82, 2.24) is 14.5 Å². The molecule has 1 aliphatic heterocycles. The minimum absolute atomic E-state index is 0.00576. The molecule has 1 aromatic carbocycles. The molecule has 1 aliphatic rings. The van der Waals surface area contributed by atoms with Crippen molar-refractivity contribution in [2.75, 3.05) is 32.7 Å². The van der Waals surface area contributed by atoms with E-state index in [4.69, 9.17) is 0 Å². The van der Waals surface area contributed by atoms with E-state index in [0.29, 0.717) is 37.6 Å².